The number of aryl methyl sites for hydroxylation is 2. The maximum Gasteiger partial charge on any atom is 0.243 e. The minimum atomic E-state index is -0.0680. The summed E-state index contributed by atoms with van der Waals surface area (Å²) in [6.07, 6.45) is 2.23. The van der Waals surface area contributed by atoms with E-state index in [4.69, 9.17) is 9.57 Å². The van der Waals surface area contributed by atoms with E-state index in [1.54, 1.807) is 0 Å². The lowest BCUT2D eigenvalue weighted by Gasteiger charge is -2.26. The molecule has 1 aliphatic rings. The van der Waals surface area contributed by atoms with Crippen LogP contribution in [0.25, 0.3) is 0 Å². The molecule has 1 fully saturated rings. The summed E-state index contributed by atoms with van der Waals surface area (Å²) in [7, 11) is 0. The highest BCUT2D eigenvalue weighted by Gasteiger charge is 2.10. The molecule has 122 valence electrons. The van der Waals surface area contributed by atoms with Crippen molar-refractivity contribution in [3.8, 4) is 0 Å². The summed E-state index contributed by atoms with van der Waals surface area (Å²) >= 11 is 0. The highest BCUT2D eigenvalue weighted by molar-refractivity contribution is 5.75. The van der Waals surface area contributed by atoms with Crippen LogP contribution in [0.2, 0.25) is 0 Å². The first-order valence-electron chi connectivity index (χ1n) is 8.06. The van der Waals surface area contributed by atoms with Crippen LogP contribution in [-0.2, 0) is 27.2 Å². The van der Waals surface area contributed by atoms with E-state index in [-0.39, 0.29) is 5.91 Å². The van der Waals surface area contributed by atoms with Gasteiger partial charge in [0, 0.05) is 26.1 Å². The molecule has 2 rings (SSSR count). The largest absolute Gasteiger partial charge is 0.379 e. The molecular formula is C17H26N2O3. The first-order valence-corrected chi connectivity index (χ1v) is 8.06. The topological polar surface area (TPSA) is 50.8 Å². The van der Waals surface area contributed by atoms with Crippen molar-refractivity contribution < 1.29 is 14.4 Å². The molecule has 0 aromatic heterocycles. The van der Waals surface area contributed by atoms with Gasteiger partial charge in [0.25, 0.3) is 0 Å². The van der Waals surface area contributed by atoms with Gasteiger partial charge in [0.05, 0.1) is 19.8 Å². The fourth-order valence-corrected chi connectivity index (χ4v) is 2.38. The molecule has 1 aromatic carbocycles. The number of morpholine rings is 1. The number of rotatable bonds is 8. The van der Waals surface area contributed by atoms with E-state index >= 15 is 0 Å². The number of amides is 1. The third kappa shape index (κ3) is 6.13. The van der Waals surface area contributed by atoms with Crippen LogP contribution in [0.15, 0.2) is 24.3 Å². The van der Waals surface area contributed by atoms with E-state index in [1.807, 2.05) is 0 Å². The van der Waals surface area contributed by atoms with Crippen LogP contribution in [0.4, 0.5) is 0 Å². The van der Waals surface area contributed by atoms with E-state index in [0.29, 0.717) is 13.0 Å². The van der Waals surface area contributed by atoms with E-state index in [0.717, 1.165) is 45.7 Å². The first-order chi connectivity index (χ1) is 10.8. The van der Waals surface area contributed by atoms with Crippen LogP contribution in [0, 0.1) is 0 Å². The first kappa shape index (κ1) is 16.9. The third-order valence-electron chi connectivity index (χ3n) is 3.87. The number of carbonyl (C=O) groups is 1. The maximum absolute atomic E-state index is 11.7. The molecule has 0 aliphatic carbocycles. The van der Waals surface area contributed by atoms with Crippen molar-refractivity contribution in [1.29, 1.82) is 0 Å². The van der Waals surface area contributed by atoms with Crippen LogP contribution >= 0.6 is 0 Å². The van der Waals surface area contributed by atoms with Gasteiger partial charge in [-0.1, -0.05) is 31.2 Å². The fraction of sp³-hybridized carbons (Fsp3) is 0.588. The van der Waals surface area contributed by atoms with Crippen LogP contribution in [0.5, 0.6) is 0 Å². The van der Waals surface area contributed by atoms with Gasteiger partial charge in [0.15, 0.2) is 0 Å². The minimum Gasteiger partial charge on any atom is -0.379 e. The molecule has 0 bridgehead atoms. The van der Waals surface area contributed by atoms with E-state index in [9.17, 15) is 4.79 Å². The molecule has 0 atom stereocenters. The van der Waals surface area contributed by atoms with Gasteiger partial charge in [-0.2, -0.15) is 0 Å². The average molecular weight is 306 g/mol. The van der Waals surface area contributed by atoms with Crippen molar-refractivity contribution >= 4 is 5.91 Å². The molecule has 1 aliphatic heterocycles. The predicted molar refractivity (Wildman–Crippen MR) is 85.5 cm³/mol. The van der Waals surface area contributed by atoms with E-state index in [1.165, 1.54) is 11.1 Å². The zero-order valence-electron chi connectivity index (χ0n) is 13.3. The molecule has 5 heteroatoms. The Balaban J connectivity index is 1.55. The lowest BCUT2D eigenvalue weighted by molar-refractivity contribution is -0.134. The Labute approximate surface area is 132 Å². The Morgan fingerprint density at radius 2 is 1.91 bits per heavy atom. The summed E-state index contributed by atoms with van der Waals surface area (Å²) in [6, 6.07) is 8.41. The number of carbonyl (C=O) groups excluding carboxylic acids is 1. The molecule has 1 heterocycles. The van der Waals surface area contributed by atoms with Gasteiger partial charge in [-0.25, -0.2) is 5.48 Å². The van der Waals surface area contributed by atoms with Crippen LogP contribution in [0.1, 0.15) is 24.5 Å². The summed E-state index contributed by atoms with van der Waals surface area (Å²) in [4.78, 5) is 19.2. The van der Waals surface area contributed by atoms with Crippen LogP contribution in [0.3, 0.4) is 0 Å². The summed E-state index contributed by atoms with van der Waals surface area (Å²) in [6.45, 7) is 6.90. The second kappa shape index (κ2) is 9.56. The Morgan fingerprint density at radius 1 is 1.23 bits per heavy atom. The highest BCUT2D eigenvalue weighted by Crippen LogP contribution is 2.07. The number of nitrogens with zero attached hydrogens (tertiary/aromatic N) is 1. The molecule has 5 nitrogen and oxygen atoms in total. The molecule has 22 heavy (non-hydrogen) atoms. The van der Waals surface area contributed by atoms with Gasteiger partial charge in [-0.05, 0) is 24.0 Å². The fourth-order valence-electron chi connectivity index (χ4n) is 2.38. The average Bonchev–Trinajstić information content (AvgIpc) is 2.58. The molecule has 1 amide bonds. The van der Waals surface area contributed by atoms with Crippen molar-refractivity contribution in [1.82, 2.24) is 10.4 Å². The number of ether oxygens (including phenoxy) is 1. The Kier molecular flexibility index (Phi) is 7.36. The van der Waals surface area contributed by atoms with Gasteiger partial charge in [-0.15, -0.1) is 0 Å². The van der Waals surface area contributed by atoms with Crippen molar-refractivity contribution in [2.75, 3.05) is 39.5 Å². The van der Waals surface area contributed by atoms with Crippen LogP contribution in [-0.4, -0.2) is 50.3 Å². The molecule has 0 unspecified atom stereocenters. The SMILES string of the molecule is CCc1ccc(CCC(=O)NOCCN2CCOCC2)cc1. The standard InChI is InChI=1S/C17H26N2O3/c1-2-15-3-5-16(6-4-15)7-8-17(20)18-22-14-11-19-9-12-21-13-10-19/h3-6H,2,7-14H2,1H3,(H,18,20). The quantitative estimate of drug-likeness (QED) is 0.585. The molecule has 1 N–H and O–H groups in total. The second-order valence-corrected chi connectivity index (χ2v) is 5.50. The smallest absolute Gasteiger partial charge is 0.243 e. The molecule has 0 radical (unpaired) electrons. The van der Waals surface area contributed by atoms with Gasteiger partial charge < -0.3 is 4.74 Å². The summed E-state index contributed by atoms with van der Waals surface area (Å²) < 4.78 is 5.28. The number of hydrogen-bond acceptors (Lipinski definition) is 4. The summed E-state index contributed by atoms with van der Waals surface area (Å²) in [5, 5.41) is 0. The monoisotopic (exact) mass is 306 g/mol. The summed E-state index contributed by atoms with van der Waals surface area (Å²) in [5.41, 5.74) is 5.02. The van der Waals surface area contributed by atoms with Crippen LogP contribution < -0.4 is 5.48 Å². The van der Waals surface area contributed by atoms with Gasteiger partial charge in [-0.3, -0.25) is 14.5 Å². The number of hydrogen-bond donors (Lipinski definition) is 1. The Hall–Kier alpha value is -1.43. The number of hydroxylamine groups is 1. The third-order valence-corrected chi connectivity index (χ3v) is 3.87. The van der Waals surface area contributed by atoms with Crippen molar-refractivity contribution in [3.05, 3.63) is 35.4 Å². The molecule has 0 spiro atoms. The summed E-state index contributed by atoms with van der Waals surface area (Å²) in [5.74, 6) is -0.0680. The number of benzene rings is 1. The highest BCUT2D eigenvalue weighted by atomic mass is 16.7. The Bertz CT molecular complexity index is 442. The molecule has 1 saturated heterocycles. The number of nitrogens with one attached hydrogen (secondary N) is 1. The normalized spacial score (nSPS) is 15.7. The van der Waals surface area contributed by atoms with Crippen molar-refractivity contribution in [2.45, 2.75) is 26.2 Å². The minimum absolute atomic E-state index is 0.0680. The van der Waals surface area contributed by atoms with Gasteiger partial charge in [0.1, 0.15) is 0 Å². The lowest BCUT2D eigenvalue weighted by Crippen LogP contribution is -2.39. The maximum atomic E-state index is 11.7. The Morgan fingerprint density at radius 3 is 2.59 bits per heavy atom. The van der Waals surface area contributed by atoms with Gasteiger partial charge in [0.2, 0.25) is 5.91 Å². The molecule has 1 aromatic rings. The zero-order chi connectivity index (χ0) is 15.6. The second-order valence-electron chi connectivity index (χ2n) is 5.50. The van der Waals surface area contributed by atoms with E-state index in [2.05, 4.69) is 41.6 Å². The van der Waals surface area contributed by atoms with E-state index < -0.39 is 0 Å². The predicted octanol–water partition coefficient (Wildman–Crippen LogP) is 1.56. The van der Waals surface area contributed by atoms with Gasteiger partial charge >= 0.3 is 0 Å². The lowest BCUT2D eigenvalue weighted by atomic mass is 10.1. The van der Waals surface area contributed by atoms with Crippen molar-refractivity contribution in [2.24, 2.45) is 0 Å². The zero-order valence-corrected chi connectivity index (χ0v) is 13.3. The van der Waals surface area contributed by atoms with Crippen molar-refractivity contribution in [3.63, 3.8) is 0 Å². The molecular weight excluding hydrogens is 280 g/mol. The molecule has 0 saturated carbocycles.